The number of halogens is 1. The van der Waals surface area contributed by atoms with Crippen LogP contribution in [0.25, 0.3) is 0 Å². The maximum atomic E-state index is 14.0. The molecular weight excluding hydrogens is 522 g/mol. The number of hydrogen-bond acceptors (Lipinski definition) is 5. The summed E-state index contributed by atoms with van der Waals surface area (Å²) in [5.74, 6) is -0.0756. The number of carbonyl (C=O) groups excluding carboxylic acids is 2. The number of hydrogen-bond donors (Lipinski definition) is 2. The Labute approximate surface area is 244 Å². The zero-order chi connectivity index (χ0) is 28.0. The van der Waals surface area contributed by atoms with Crippen LogP contribution >= 0.6 is 11.6 Å². The van der Waals surface area contributed by atoms with Gasteiger partial charge in [-0.05, 0) is 36.1 Å². The molecule has 0 bridgehead atoms. The van der Waals surface area contributed by atoms with Crippen molar-refractivity contribution in [2.24, 2.45) is 11.7 Å². The summed E-state index contributed by atoms with van der Waals surface area (Å²) in [5, 5.41) is 4.44. The molecule has 2 amide bonds. The Kier molecular flexibility index (Phi) is 9.79. The van der Waals surface area contributed by atoms with Crippen LogP contribution in [0, 0.1) is 5.92 Å². The normalized spacial score (nSPS) is 23.4. The van der Waals surface area contributed by atoms with Crippen molar-refractivity contribution in [1.82, 2.24) is 20.0 Å². The van der Waals surface area contributed by atoms with Gasteiger partial charge in [0.25, 0.3) is 0 Å². The van der Waals surface area contributed by atoms with Gasteiger partial charge < -0.3 is 20.9 Å². The molecule has 216 valence electrons. The minimum absolute atomic E-state index is 0.0311. The van der Waals surface area contributed by atoms with Crippen LogP contribution in [0.15, 0.2) is 54.6 Å². The number of carbonyl (C=O) groups is 2. The second-order valence-corrected chi connectivity index (χ2v) is 12.2. The van der Waals surface area contributed by atoms with Gasteiger partial charge in [0.05, 0.1) is 5.92 Å². The third-order valence-corrected chi connectivity index (χ3v) is 9.57. The molecule has 3 fully saturated rings. The van der Waals surface area contributed by atoms with Crippen LogP contribution in [0.1, 0.15) is 55.6 Å². The summed E-state index contributed by atoms with van der Waals surface area (Å²) in [6, 6.07) is 18.3. The summed E-state index contributed by atoms with van der Waals surface area (Å²) in [7, 11) is 0. The minimum atomic E-state index is -0.245. The van der Waals surface area contributed by atoms with Gasteiger partial charge in [-0.15, -0.1) is 0 Å². The van der Waals surface area contributed by atoms with Crippen LogP contribution in [0.2, 0.25) is 5.02 Å². The average molecular weight is 566 g/mol. The topological polar surface area (TPSA) is 81.9 Å². The van der Waals surface area contributed by atoms with E-state index < -0.39 is 0 Å². The van der Waals surface area contributed by atoms with Gasteiger partial charge >= 0.3 is 0 Å². The van der Waals surface area contributed by atoms with Gasteiger partial charge in [-0.3, -0.25) is 14.5 Å². The first-order chi connectivity index (χ1) is 19.5. The summed E-state index contributed by atoms with van der Waals surface area (Å²) in [4.78, 5) is 33.3. The number of likely N-dealkylation sites (tertiary alicyclic amines) is 1. The van der Waals surface area contributed by atoms with Crippen molar-refractivity contribution in [3.05, 3.63) is 70.7 Å². The van der Waals surface area contributed by atoms with Crippen LogP contribution in [0.5, 0.6) is 0 Å². The highest BCUT2D eigenvalue weighted by Crippen LogP contribution is 2.37. The van der Waals surface area contributed by atoms with E-state index >= 15 is 0 Å². The molecule has 1 aliphatic carbocycles. The van der Waals surface area contributed by atoms with Gasteiger partial charge in [0.15, 0.2) is 0 Å². The predicted molar refractivity (Wildman–Crippen MR) is 160 cm³/mol. The van der Waals surface area contributed by atoms with Gasteiger partial charge in [0.2, 0.25) is 11.8 Å². The quantitative estimate of drug-likeness (QED) is 0.482. The molecule has 8 heteroatoms. The maximum Gasteiger partial charge on any atom is 0.228 e. The number of nitrogens with two attached hydrogens (primary N) is 1. The minimum Gasteiger partial charge on any atom is -0.341 e. The summed E-state index contributed by atoms with van der Waals surface area (Å²) >= 11 is 6.15. The van der Waals surface area contributed by atoms with Crippen molar-refractivity contribution in [1.29, 1.82) is 0 Å². The third kappa shape index (κ3) is 6.71. The van der Waals surface area contributed by atoms with E-state index in [4.69, 9.17) is 17.3 Å². The molecule has 3 aliphatic rings. The monoisotopic (exact) mass is 565 g/mol. The first-order valence-electron chi connectivity index (χ1n) is 15.0. The van der Waals surface area contributed by atoms with Crippen LogP contribution in [0.3, 0.4) is 0 Å². The summed E-state index contributed by atoms with van der Waals surface area (Å²) < 4.78 is 0. The molecule has 0 spiro atoms. The Bertz CT molecular complexity index is 1110. The van der Waals surface area contributed by atoms with Crippen molar-refractivity contribution in [3.8, 4) is 0 Å². The van der Waals surface area contributed by atoms with Gasteiger partial charge in [-0.25, -0.2) is 0 Å². The van der Waals surface area contributed by atoms with Gasteiger partial charge in [-0.2, -0.15) is 0 Å². The Balaban J connectivity index is 1.23. The number of piperazine rings is 1. The van der Waals surface area contributed by atoms with Crippen LogP contribution < -0.4 is 11.1 Å². The largest absolute Gasteiger partial charge is 0.341 e. The lowest BCUT2D eigenvalue weighted by molar-refractivity contribution is -0.139. The molecular formula is C32H44ClN5O2. The van der Waals surface area contributed by atoms with Crippen molar-refractivity contribution in [2.45, 2.75) is 56.5 Å². The number of nitrogens with one attached hydrogen (secondary N) is 1. The molecule has 2 atom stereocenters. The van der Waals surface area contributed by atoms with E-state index in [1.807, 2.05) is 29.2 Å². The molecule has 2 aliphatic heterocycles. The summed E-state index contributed by atoms with van der Waals surface area (Å²) in [5.41, 5.74) is 8.21. The second-order valence-electron chi connectivity index (χ2n) is 11.8. The van der Waals surface area contributed by atoms with Crippen molar-refractivity contribution < 1.29 is 9.59 Å². The SMILES string of the molecule is NCCC(=O)N1C[C@H](C(=O)N2CCN(C3(CNCc4ccccc4)CCCCC3)CC2)[C@@H](c2ccc(Cl)cc2)C1. The molecule has 2 saturated heterocycles. The number of nitrogens with zero attached hydrogens (tertiary/aromatic N) is 3. The van der Waals surface area contributed by atoms with Gasteiger partial charge in [0.1, 0.15) is 0 Å². The second kappa shape index (κ2) is 13.5. The molecule has 0 radical (unpaired) electrons. The van der Waals surface area contributed by atoms with E-state index in [0.29, 0.717) is 31.1 Å². The predicted octanol–water partition coefficient (Wildman–Crippen LogP) is 3.87. The van der Waals surface area contributed by atoms with Gasteiger partial charge in [0, 0.05) is 81.8 Å². The molecule has 3 N–H and O–H groups in total. The molecule has 40 heavy (non-hydrogen) atoms. The molecule has 0 aromatic heterocycles. The fourth-order valence-electron chi connectivity index (χ4n) is 7.07. The highest BCUT2D eigenvalue weighted by Gasteiger charge is 2.44. The molecule has 0 unspecified atom stereocenters. The molecule has 7 nitrogen and oxygen atoms in total. The summed E-state index contributed by atoms with van der Waals surface area (Å²) in [6.45, 7) is 6.46. The lowest BCUT2D eigenvalue weighted by Gasteiger charge is -2.50. The molecule has 2 heterocycles. The fourth-order valence-corrected chi connectivity index (χ4v) is 7.20. The van der Waals surface area contributed by atoms with Gasteiger partial charge in [-0.1, -0.05) is 73.3 Å². The van der Waals surface area contributed by atoms with E-state index in [0.717, 1.165) is 44.8 Å². The molecule has 1 saturated carbocycles. The third-order valence-electron chi connectivity index (χ3n) is 9.32. The molecule has 2 aromatic rings. The zero-order valence-electron chi connectivity index (χ0n) is 23.6. The summed E-state index contributed by atoms with van der Waals surface area (Å²) in [6.07, 6.45) is 6.58. The Morgan fingerprint density at radius 2 is 1.60 bits per heavy atom. The lowest BCUT2D eigenvalue weighted by atomic mass is 9.79. The number of rotatable bonds is 9. The highest BCUT2D eigenvalue weighted by atomic mass is 35.5. The maximum absolute atomic E-state index is 14.0. The first-order valence-corrected chi connectivity index (χ1v) is 15.4. The van der Waals surface area contributed by atoms with Crippen LogP contribution in [0.4, 0.5) is 0 Å². The lowest BCUT2D eigenvalue weighted by Crippen LogP contribution is -2.62. The Hall–Kier alpha value is -2.45. The van der Waals surface area contributed by atoms with E-state index in [9.17, 15) is 9.59 Å². The van der Waals surface area contributed by atoms with Crippen LogP contribution in [-0.4, -0.2) is 84.4 Å². The van der Waals surface area contributed by atoms with E-state index in [1.54, 1.807) is 0 Å². The van der Waals surface area contributed by atoms with Crippen LogP contribution in [-0.2, 0) is 16.1 Å². The molecule has 2 aromatic carbocycles. The van der Waals surface area contributed by atoms with Crippen molar-refractivity contribution in [2.75, 3.05) is 52.4 Å². The van der Waals surface area contributed by atoms with E-state index in [2.05, 4.69) is 45.4 Å². The van der Waals surface area contributed by atoms with E-state index in [-0.39, 0.29) is 29.2 Å². The van der Waals surface area contributed by atoms with Crippen molar-refractivity contribution in [3.63, 3.8) is 0 Å². The number of amides is 2. The Morgan fingerprint density at radius 1 is 0.900 bits per heavy atom. The number of benzene rings is 2. The highest BCUT2D eigenvalue weighted by molar-refractivity contribution is 6.30. The fraction of sp³-hybridized carbons (Fsp3) is 0.562. The van der Waals surface area contributed by atoms with Crippen molar-refractivity contribution >= 4 is 23.4 Å². The average Bonchev–Trinajstić information content (AvgIpc) is 3.44. The standard InChI is InChI=1S/C32H44ClN5O2/c33-27-11-9-26(10-12-27)28-22-37(30(39)13-16-34)23-29(28)31(40)36-17-19-38(20-18-36)32(14-5-2-6-15-32)24-35-21-25-7-3-1-4-8-25/h1,3-4,7-12,28-29,35H,2,5-6,13-24,34H2/t28-,29+/m1/s1. The first kappa shape index (κ1) is 29.1. The Morgan fingerprint density at radius 3 is 2.27 bits per heavy atom. The smallest absolute Gasteiger partial charge is 0.228 e. The molecule has 5 rings (SSSR count). The zero-order valence-corrected chi connectivity index (χ0v) is 24.3. The van der Waals surface area contributed by atoms with E-state index in [1.165, 1.54) is 37.7 Å².